The third-order valence-electron chi connectivity index (χ3n) is 5.12. The van der Waals surface area contributed by atoms with Gasteiger partial charge in [0, 0.05) is 11.8 Å². The molecule has 0 aliphatic heterocycles. The Morgan fingerprint density at radius 1 is 0.941 bits per heavy atom. The lowest BCUT2D eigenvalue weighted by Gasteiger charge is -2.59. The van der Waals surface area contributed by atoms with E-state index in [4.69, 9.17) is 0 Å². The quantitative estimate of drug-likeness (QED) is 0.781. The van der Waals surface area contributed by atoms with Crippen LogP contribution in [0.3, 0.4) is 0 Å². The molecule has 3 aliphatic carbocycles. The van der Waals surface area contributed by atoms with Crippen molar-refractivity contribution in [3.8, 4) is 0 Å². The fourth-order valence-electron chi connectivity index (χ4n) is 3.71. The second-order valence-electron chi connectivity index (χ2n) is 6.19. The topological polar surface area (TPSA) is 40.5 Å². The summed E-state index contributed by atoms with van der Waals surface area (Å²) in [5, 5.41) is 21.6. The molecule has 3 saturated carbocycles. The second kappa shape index (κ2) is 3.33. The Balaban J connectivity index is 2.07. The normalized spacial score (nSPS) is 44.9. The lowest BCUT2D eigenvalue weighted by Crippen LogP contribution is -2.59. The van der Waals surface area contributed by atoms with Gasteiger partial charge in [-0.3, -0.25) is 0 Å². The van der Waals surface area contributed by atoms with Crippen LogP contribution in [0.15, 0.2) is 30.3 Å². The van der Waals surface area contributed by atoms with Gasteiger partial charge in [-0.05, 0) is 31.2 Å². The van der Waals surface area contributed by atoms with E-state index in [-0.39, 0.29) is 5.41 Å². The van der Waals surface area contributed by atoms with Crippen molar-refractivity contribution in [1.29, 1.82) is 0 Å². The van der Waals surface area contributed by atoms with Gasteiger partial charge in [-0.1, -0.05) is 37.3 Å². The monoisotopic (exact) mass is 232 g/mol. The predicted molar refractivity (Wildman–Crippen MR) is 66.5 cm³/mol. The molecule has 2 nitrogen and oxygen atoms in total. The van der Waals surface area contributed by atoms with E-state index in [2.05, 4.69) is 6.92 Å². The summed E-state index contributed by atoms with van der Waals surface area (Å²) in [4.78, 5) is 0. The van der Waals surface area contributed by atoms with E-state index in [0.717, 1.165) is 31.2 Å². The number of fused-ring (bicyclic) bond motifs is 3. The maximum Gasteiger partial charge on any atom is 0.0977 e. The lowest BCUT2D eigenvalue weighted by molar-refractivity contribution is -0.220. The molecule has 3 aliphatic rings. The summed E-state index contributed by atoms with van der Waals surface area (Å²) >= 11 is 0. The minimum absolute atomic E-state index is 0.0845. The Morgan fingerprint density at radius 3 is 2.12 bits per heavy atom. The predicted octanol–water partition coefficient (Wildman–Crippen LogP) is 2.59. The third-order valence-corrected chi connectivity index (χ3v) is 5.12. The zero-order valence-electron chi connectivity index (χ0n) is 10.3. The van der Waals surface area contributed by atoms with Gasteiger partial charge in [0.25, 0.3) is 0 Å². The van der Waals surface area contributed by atoms with Crippen molar-refractivity contribution >= 4 is 0 Å². The van der Waals surface area contributed by atoms with Gasteiger partial charge in [-0.15, -0.1) is 0 Å². The number of hydrogen-bond donors (Lipinski definition) is 2. The van der Waals surface area contributed by atoms with E-state index in [0.29, 0.717) is 6.42 Å². The van der Waals surface area contributed by atoms with Gasteiger partial charge < -0.3 is 10.2 Å². The van der Waals surface area contributed by atoms with Crippen LogP contribution in [0.1, 0.15) is 44.6 Å². The van der Waals surface area contributed by atoms with Crippen molar-refractivity contribution in [3.05, 3.63) is 35.9 Å². The van der Waals surface area contributed by atoms with Crippen LogP contribution >= 0.6 is 0 Å². The Labute approximate surface area is 102 Å². The smallest absolute Gasteiger partial charge is 0.0977 e. The van der Waals surface area contributed by atoms with Crippen LogP contribution in [0.25, 0.3) is 0 Å². The molecule has 0 radical (unpaired) electrons. The van der Waals surface area contributed by atoms with E-state index in [9.17, 15) is 10.2 Å². The van der Waals surface area contributed by atoms with Crippen LogP contribution < -0.4 is 0 Å². The molecule has 0 aromatic heterocycles. The number of benzene rings is 1. The molecule has 1 unspecified atom stereocenters. The van der Waals surface area contributed by atoms with Crippen LogP contribution in [0.4, 0.5) is 0 Å². The van der Waals surface area contributed by atoms with Crippen LogP contribution in [0.5, 0.6) is 0 Å². The van der Waals surface area contributed by atoms with Crippen LogP contribution in [-0.4, -0.2) is 15.8 Å². The molecule has 3 fully saturated rings. The number of hydrogen-bond acceptors (Lipinski definition) is 2. The highest BCUT2D eigenvalue weighted by Gasteiger charge is 2.60. The molecule has 0 spiro atoms. The maximum atomic E-state index is 11.1. The van der Waals surface area contributed by atoms with Crippen molar-refractivity contribution in [1.82, 2.24) is 0 Å². The zero-order chi connectivity index (χ0) is 12.1. The van der Waals surface area contributed by atoms with Gasteiger partial charge in [-0.25, -0.2) is 0 Å². The SMILES string of the molecule is CC12CCC(O)(CC1)CC2(O)c1ccccc1. The Bertz CT molecular complexity index is 418. The molecule has 1 atom stereocenters. The molecule has 1 aromatic carbocycles. The molecule has 2 heteroatoms. The molecule has 0 amide bonds. The first kappa shape index (κ1) is 11.2. The third kappa shape index (κ3) is 1.47. The molecule has 2 bridgehead atoms. The first-order chi connectivity index (χ1) is 7.98. The van der Waals surface area contributed by atoms with Gasteiger partial charge in [0.15, 0.2) is 0 Å². The Kier molecular flexibility index (Phi) is 2.20. The van der Waals surface area contributed by atoms with E-state index in [1.54, 1.807) is 0 Å². The first-order valence-corrected chi connectivity index (χ1v) is 6.48. The molecule has 4 rings (SSSR count). The van der Waals surface area contributed by atoms with Crippen LogP contribution in [-0.2, 0) is 5.60 Å². The molecule has 92 valence electrons. The maximum absolute atomic E-state index is 11.1. The largest absolute Gasteiger partial charge is 0.390 e. The summed E-state index contributed by atoms with van der Waals surface area (Å²) in [6.45, 7) is 2.17. The van der Waals surface area contributed by atoms with Crippen molar-refractivity contribution in [3.63, 3.8) is 0 Å². The summed E-state index contributed by atoms with van der Waals surface area (Å²) in [6.07, 6.45) is 3.97. The van der Waals surface area contributed by atoms with Gasteiger partial charge in [-0.2, -0.15) is 0 Å². The first-order valence-electron chi connectivity index (χ1n) is 6.48. The molecule has 2 N–H and O–H groups in total. The fourth-order valence-corrected chi connectivity index (χ4v) is 3.71. The molecular weight excluding hydrogens is 212 g/mol. The Hall–Kier alpha value is -0.860. The highest BCUT2D eigenvalue weighted by molar-refractivity contribution is 5.29. The highest BCUT2D eigenvalue weighted by Crippen LogP contribution is 2.61. The second-order valence-corrected chi connectivity index (χ2v) is 6.19. The molecule has 0 heterocycles. The molecule has 1 aromatic rings. The van der Waals surface area contributed by atoms with Gasteiger partial charge in [0.2, 0.25) is 0 Å². The summed E-state index contributed by atoms with van der Waals surface area (Å²) in [6, 6.07) is 9.85. The summed E-state index contributed by atoms with van der Waals surface area (Å²) in [5.74, 6) is 0. The van der Waals surface area contributed by atoms with E-state index >= 15 is 0 Å². The average molecular weight is 232 g/mol. The summed E-state index contributed by atoms with van der Waals surface area (Å²) in [7, 11) is 0. The van der Waals surface area contributed by atoms with Gasteiger partial charge in [0.05, 0.1) is 11.2 Å². The highest BCUT2D eigenvalue weighted by atomic mass is 16.3. The Morgan fingerprint density at radius 2 is 1.53 bits per heavy atom. The lowest BCUT2D eigenvalue weighted by atomic mass is 9.50. The number of rotatable bonds is 1. The minimum Gasteiger partial charge on any atom is -0.390 e. The van der Waals surface area contributed by atoms with Crippen molar-refractivity contribution < 1.29 is 10.2 Å². The summed E-state index contributed by atoms with van der Waals surface area (Å²) < 4.78 is 0. The van der Waals surface area contributed by atoms with Gasteiger partial charge >= 0.3 is 0 Å². The van der Waals surface area contributed by atoms with Crippen LogP contribution in [0, 0.1) is 5.41 Å². The van der Waals surface area contributed by atoms with Crippen molar-refractivity contribution in [2.75, 3.05) is 0 Å². The van der Waals surface area contributed by atoms with Crippen LogP contribution in [0.2, 0.25) is 0 Å². The average Bonchev–Trinajstić information content (AvgIpc) is 2.33. The van der Waals surface area contributed by atoms with Gasteiger partial charge in [0.1, 0.15) is 0 Å². The molecule has 17 heavy (non-hydrogen) atoms. The summed E-state index contributed by atoms with van der Waals surface area (Å²) in [5.41, 5.74) is -0.638. The van der Waals surface area contributed by atoms with E-state index in [1.807, 2.05) is 30.3 Å². The zero-order valence-corrected chi connectivity index (χ0v) is 10.3. The molecule has 0 saturated heterocycles. The number of aliphatic hydroxyl groups is 2. The van der Waals surface area contributed by atoms with E-state index in [1.165, 1.54) is 0 Å². The molecular formula is C15H20O2. The van der Waals surface area contributed by atoms with E-state index < -0.39 is 11.2 Å². The fraction of sp³-hybridized carbons (Fsp3) is 0.600. The van der Waals surface area contributed by atoms with Crippen molar-refractivity contribution in [2.45, 2.75) is 50.2 Å². The standard InChI is InChI=1S/C15H20O2/c1-13-7-9-14(16,10-8-13)11-15(13,17)12-5-3-2-4-6-12/h2-6,16-17H,7-11H2,1H3. The van der Waals surface area contributed by atoms with Crippen molar-refractivity contribution in [2.24, 2.45) is 5.41 Å². The minimum atomic E-state index is -0.862.